The van der Waals surface area contributed by atoms with Crippen molar-refractivity contribution in [3.05, 3.63) is 60.2 Å². The quantitative estimate of drug-likeness (QED) is 0.618. The number of para-hydroxylation sites is 1. The van der Waals surface area contributed by atoms with Gasteiger partial charge in [0.1, 0.15) is 11.8 Å². The number of methoxy groups -OCH3 is 1. The number of rotatable bonds is 10. The van der Waals surface area contributed by atoms with Gasteiger partial charge in [-0.05, 0) is 49.1 Å². The van der Waals surface area contributed by atoms with Gasteiger partial charge in [0, 0.05) is 6.54 Å². The summed E-state index contributed by atoms with van der Waals surface area (Å²) in [5.74, 6) is 0.515. The highest BCUT2D eigenvalue weighted by molar-refractivity contribution is 7.92. The highest BCUT2D eigenvalue weighted by Crippen LogP contribution is 2.22. The number of amides is 1. The third-order valence-electron chi connectivity index (χ3n) is 4.42. The number of hydrogen-bond donors (Lipinski definition) is 1. The largest absolute Gasteiger partial charge is 0.497 e. The molecule has 0 saturated carbocycles. The van der Waals surface area contributed by atoms with E-state index < -0.39 is 16.1 Å². The normalized spacial score (nSPS) is 12.2. The first kappa shape index (κ1) is 21.8. The molecule has 0 spiro atoms. The number of benzene rings is 2. The SMILES string of the molecule is CC[C@H](C(=O)NCCCc1cccc(OC)c1)N(c1ccccc1)S(C)(=O)=O. The van der Waals surface area contributed by atoms with Crippen molar-refractivity contribution in [1.29, 1.82) is 0 Å². The predicted octanol–water partition coefficient (Wildman–Crippen LogP) is 2.99. The Morgan fingerprint density at radius 1 is 1.14 bits per heavy atom. The maximum absolute atomic E-state index is 12.7. The van der Waals surface area contributed by atoms with Crippen LogP contribution in [0.25, 0.3) is 0 Å². The summed E-state index contributed by atoms with van der Waals surface area (Å²) in [5, 5.41) is 2.88. The number of nitrogens with zero attached hydrogens (tertiary/aromatic N) is 1. The lowest BCUT2D eigenvalue weighted by Gasteiger charge is -2.30. The molecular formula is C21H28N2O4S. The van der Waals surface area contributed by atoms with Crippen molar-refractivity contribution in [3.8, 4) is 5.75 Å². The Kier molecular flexibility index (Phi) is 7.87. The summed E-state index contributed by atoms with van der Waals surface area (Å²) in [6.45, 7) is 2.28. The number of anilines is 1. The third kappa shape index (κ3) is 5.99. The molecule has 0 aliphatic rings. The van der Waals surface area contributed by atoms with Crippen LogP contribution in [-0.2, 0) is 21.2 Å². The molecule has 6 nitrogen and oxygen atoms in total. The van der Waals surface area contributed by atoms with Gasteiger partial charge in [-0.2, -0.15) is 0 Å². The maximum Gasteiger partial charge on any atom is 0.243 e. The summed E-state index contributed by atoms with van der Waals surface area (Å²) in [6, 6.07) is 15.7. The lowest BCUT2D eigenvalue weighted by atomic mass is 10.1. The zero-order valence-corrected chi connectivity index (χ0v) is 17.4. The van der Waals surface area contributed by atoms with Gasteiger partial charge in [0.2, 0.25) is 15.9 Å². The molecule has 0 heterocycles. The number of aryl methyl sites for hydroxylation is 1. The summed E-state index contributed by atoms with van der Waals surface area (Å²) in [4.78, 5) is 12.7. The fourth-order valence-corrected chi connectivity index (χ4v) is 4.30. The van der Waals surface area contributed by atoms with Crippen LogP contribution >= 0.6 is 0 Å². The van der Waals surface area contributed by atoms with Crippen molar-refractivity contribution in [2.75, 3.05) is 24.2 Å². The highest BCUT2D eigenvalue weighted by atomic mass is 32.2. The molecule has 2 rings (SSSR count). The first-order valence-corrected chi connectivity index (χ1v) is 11.2. The molecule has 0 aliphatic heterocycles. The first-order chi connectivity index (χ1) is 13.4. The molecule has 1 N–H and O–H groups in total. The molecule has 152 valence electrons. The van der Waals surface area contributed by atoms with Crippen LogP contribution in [0.15, 0.2) is 54.6 Å². The van der Waals surface area contributed by atoms with E-state index >= 15 is 0 Å². The first-order valence-electron chi connectivity index (χ1n) is 9.32. The van der Waals surface area contributed by atoms with E-state index in [2.05, 4.69) is 5.32 Å². The summed E-state index contributed by atoms with van der Waals surface area (Å²) in [5.41, 5.74) is 1.62. The van der Waals surface area contributed by atoms with E-state index in [1.807, 2.05) is 37.3 Å². The van der Waals surface area contributed by atoms with Crippen LogP contribution in [0.3, 0.4) is 0 Å². The number of hydrogen-bond acceptors (Lipinski definition) is 4. The molecule has 7 heteroatoms. The maximum atomic E-state index is 12.7. The second kappa shape index (κ2) is 10.1. The molecule has 0 fully saturated rings. The number of carbonyl (C=O) groups is 1. The Morgan fingerprint density at radius 2 is 1.86 bits per heavy atom. The zero-order valence-electron chi connectivity index (χ0n) is 16.6. The molecule has 2 aromatic rings. The van der Waals surface area contributed by atoms with Crippen molar-refractivity contribution < 1.29 is 17.9 Å². The predicted molar refractivity (Wildman–Crippen MR) is 112 cm³/mol. The van der Waals surface area contributed by atoms with Crippen LogP contribution in [0, 0.1) is 0 Å². The minimum absolute atomic E-state index is 0.289. The lowest BCUT2D eigenvalue weighted by molar-refractivity contribution is -0.122. The minimum atomic E-state index is -3.60. The second-order valence-corrected chi connectivity index (χ2v) is 8.42. The Hall–Kier alpha value is -2.54. The van der Waals surface area contributed by atoms with E-state index in [-0.39, 0.29) is 5.91 Å². The van der Waals surface area contributed by atoms with Crippen LogP contribution in [-0.4, -0.2) is 40.3 Å². The highest BCUT2D eigenvalue weighted by Gasteiger charge is 2.31. The fourth-order valence-electron chi connectivity index (χ4n) is 3.09. The number of ether oxygens (including phenoxy) is 1. The second-order valence-electron chi connectivity index (χ2n) is 6.56. The summed E-state index contributed by atoms with van der Waals surface area (Å²) >= 11 is 0. The summed E-state index contributed by atoms with van der Waals surface area (Å²) in [7, 11) is -1.97. The van der Waals surface area contributed by atoms with Gasteiger partial charge in [0.05, 0.1) is 19.1 Å². The molecule has 0 saturated heterocycles. The number of sulfonamides is 1. The van der Waals surface area contributed by atoms with Gasteiger partial charge >= 0.3 is 0 Å². The molecule has 28 heavy (non-hydrogen) atoms. The van der Waals surface area contributed by atoms with Crippen LogP contribution in [0.5, 0.6) is 5.75 Å². The molecule has 2 aromatic carbocycles. The van der Waals surface area contributed by atoms with Gasteiger partial charge in [0.25, 0.3) is 0 Å². The monoisotopic (exact) mass is 404 g/mol. The molecule has 0 unspecified atom stereocenters. The van der Waals surface area contributed by atoms with Gasteiger partial charge in [-0.1, -0.05) is 37.3 Å². The van der Waals surface area contributed by atoms with Gasteiger partial charge in [-0.15, -0.1) is 0 Å². The molecule has 1 amide bonds. The van der Waals surface area contributed by atoms with E-state index in [0.717, 1.165) is 30.4 Å². The van der Waals surface area contributed by atoms with Crippen LogP contribution in [0.4, 0.5) is 5.69 Å². The number of nitrogens with one attached hydrogen (secondary N) is 1. The fraction of sp³-hybridized carbons (Fsp3) is 0.381. The van der Waals surface area contributed by atoms with E-state index in [0.29, 0.717) is 18.7 Å². The van der Waals surface area contributed by atoms with Crippen molar-refractivity contribution in [2.45, 2.75) is 32.2 Å². The Morgan fingerprint density at radius 3 is 2.46 bits per heavy atom. The van der Waals surface area contributed by atoms with E-state index in [1.54, 1.807) is 31.4 Å². The molecule has 0 aliphatic carbocycles. The topological polar surface area (TPSA) is 75.7 Å². The zero-order chi connectivity index (χ0) is 20.6. The van der Waals surface area contributed by atoms with Gasteiger partial charge in [-0.3, -0.25) is 9.10 Å². The van der Waals surface area contributed by atoms with Crippen molar-refractivity contribution in [1.82, 2.24) is 5.32 Å². The van der Waals surface area contributed by atoms with Crippen molar-refractivity contribution >= 4 is 21.6 Å². The molecule has 0 radical (unpaired) electrons. The molecule has 1 atom stereocenters. The average molecular weight is 405 g/mol. The lowest BCUT2D eigenvalue weighted by Crippen LogP contribution is -2.49. The standard InChI is InChI=1S/C21H28N2O4S/c1-4-20(23(28(3,25)26)18-12-6-5-7-13-18)21(24)22-15-9-11-17-10-8-14-19(16-17)27-2/h5-8,10,12-14,16,20H,4,9,11,15H2,1-3H3,(H,22,24)/t20-/m1/s1. The smallest absolute Gasteiger partial charge is 0.243 e. The van der Waals surface area contributed by atoms with E-state index in [9.17, 15) is 13.2 Å². The van der Waals surface area contributed by atoms with Gasteiger partial charge in [0.15, 0.2) is 0 Å². The molecule has 0 aromatic heterocycles. The average Bonchev–Trinajstić information content (AvgIpc) is 2.69. The molecular weight excluding hydrogens is 376 g/mol. The van der Waals surface area contributed by atoms with Crippen LogP contribution in [0.1, 0.15) is 25.3 Å². The van der Waals surface area contributed by atoms with Crippen LogP contribution < -0.4 is 14.4 Å². The summed E-state index contributed by atoms with van der Waals surface area (Å²) < 4.78 is 31.1. The van der Waals surface area contributed by atoms with Gasteiger partial charge in [-0.25, -0.2) is 8.42 Å². The third-order valence-corrected chi connectivity index (χ3v) is 5.60. The Labute approximate surface area is 167 Å². The van der Waals surface area contributed by atoms with Gasteiger partial charge < -0.3 is 10.1 Å². The molecule has 0 bridgehead atoms. The van der Waals surface area contributed by atoms with E-state index in [4.69, 9.17) is 4.74 Å². The Bertz CT molecular complexity index is 869. The minimum Gasteiger partial charge on any atom is -0.497 e. The number of carbonyl (C=O) groups excluding carboxylic acids is 1. The van der Waals surface area contributed by atoms with Crippen LogP contribution in [0.2, 0.25) is 0 Å². The van der Waals surface area contributed by atoms with Crippen molar-refractivity contribution in [3.63, 3.8) is 0 Å². The van der Waals surface area contributed by atoms with E-state index in [1.165, 1.54) is 4.31 Å². The van der Waals surface area contributed by atoms with Crippen molar-refractivity contribution in [2.24, 2.45) is 0 Å². The summed E-state index contributed by atoms with van der Waals surface area (Å²) in [6.07, 6.45) is 3.05. The Balaban J connectivity index is 1.99.